The molecule has 1 fully saturated rings. The minimum absolute atomic E-state index is 0.243. The molecule has 0 aromatic carbocycles. The molecule has 5 heteroatoms. The molecule has 1 amide bonds. The van der Waals surface area contributed by atoms with E-state index in [4.69, 9.17) is 10.5 Å². The van der Waals surface area contributed by atoms with E-state index < -0.39 is 5.91 Å². The quantitative estimate of drug-likeness (QED) is 0.821. The average Bonchev–Trinajstić information content (AvgIpc) is 2.77. The number of rotatable bonds is 4. The van der Waals surface area contributed by atoms with Crippen LogP contribution in [0.25, 0.3) is 0 Å². The van der Waals surface area contributed by atoms with Gasteiger partial charge in [-0.15, -0.1) is 0 Å². The van der Waals surface area contributed by atoms with Gasteiger partial charge in [0, 0.05) is 13.3 Å². The van der Waals surface area contributed by atoms with Crippen molar-refractivity contribution in [2.24, 2.45) is 5.73 Å². The second-order valence-electron chi connectivity index (χ2n) is 4.25. The van der Waals surface area contributed by atoms with Crippen molar-refractivity contribution in [2.45, 2.75) is 31.4 Å². The molecule has 17 heavy (non-hydrogen) atoms. The molecule has 0 saturated heterocycles. The van der Waals surface area contributed by atoms with Crippen molar-refractivity contribution in [3.63, 3.8) is 0 Å². The molecule has 1 aliphatic carbocycles. The van der Waals surface area contributed by atoms with Crippen LogP contribution in [0.2, 0.25) is 0 Å². The van der Waals surface area contributed by atoms with Crippen LogP contribution in [-0.2, 0) is 4.74 Å². The fraction of sp³-hybridized carbons (Fsp3) is 0.500. The van der Waals surface area contributed by atoms with E-state index in [1.54, 1.807) is 19.2 Å². The van der Waals surface area contributed by atoms with Crippen molar-refractivity contribution in [1.29, 1.82) is 0 Å². The molecule has 1 aromatic rings. The Morgan fingerprint density at radius 1 is 1.53 bits per heavy atom. The van der Waals surface area contributed by atoms with Gasteiger partial charge in [-0.3, -0.25) is 4.79 Å². The highest BCUT2D eigenvalue weighted by Crippen LogP contribution is 2.24. The first kappa shape index (κ1) is 11.9. The molecule has 0 spiro atoms. The second-order valence-corrected chi connectivity index (χ2v) is 4.25. The van der Waals surface area contributed by atoms with E-state index in [2.05, 4.69) is 10.3 Å². The molecule has 0 bridgehead atoms. The number of ether oxygens (including phenoxy) is 1. The molecule has 3 N–H and O–H groups in total. The van der Waals surface area contributed by atoms with Gasteiger partial charge < -0.3 is 15.8 Å². The number of hydrogen-bond donors (Lipinski definition) is 2. The fourth-order valence-corrected chi connectivity index (χ4v) is 2.19. The van der Waals surface area contributed by atoms with Crippen LogP contribution in [0.15, 0.2) is 18.3 Å². The maximum absolute atomic E-state index is 10.9. The van der Waals surface area contributed by atoms with E-state index in [0.29, 0.717) is 11.6 Å². The summed E-state index contributed by atoms with van der Waals surface area (Å²) in [6.45, 7) is 0. The van der Waals surface area contributed by atoms with Crippen molar-refractivity contribution in [2.75, 3.05) is 12.4 Å². The zero-order valence-electron chi connectivity index (χ0n) is 9.85. The minimum atomic E-state index is -0.459. The number of carbonyl (C=O) groups excluding carboxylic acids is 1. The first-order valence-electron chi connectivity index (χ1n) is 5.76. The monoisotopic (exact) mass is 235 g/mol. The molecule has 2 rings (SSSR count). The molecule has 1 aliphatic rings. The van der Waals surface area contributed by atoms with Crippen LogP contribution in [0.5, 0.6) is 0 Å². The normalized spacial score (nSPS) is 23.6. The largest absolute Gasteiger partial charge is 0.379 e. The van der Waals surface area contributed by atoms with Gasteiger partial charge in [0.1, 0.15) is 5.82 Å². The number of methoxy groups -OCH3 is 1. The van der Waals surface area contributed by atoms with E-state index in [9.17, 15) is 4.79 Å². The van der Waals surface area contributed by atoms with Crippen LogP contribution in [-0.4, -0.2) is 30.1 Å². The van der Waals surface area contributed by atoms with E-state index in [-0.39, 0.29) is 6.10 Å². The van der Waals surface area contributed by atoms with Gasteiger partial charge in [-0.2, -0.15) is 0 Å². The van der Waals surface area contributed by atoms with E-state index in [0.717, 1.165) is 25.1 Å². The zero-order chi connectivity index (χ0) is 12.3. The molecule has 1 saturated carbocycles. The van der Waals surface area contributed by atoms with Gasteiger partial charge in [-0.25, -0.2) is 4.98 Å². The van der Waals surface area contributed by atoms with Gasteiger partial charge in [0.05, 0.1) is 17.7 Å². The van der Waals surface area contributed by atoms with Gasteiger partial charge in [-0.05, 0) is 31.4 Å². The van der Waals surface area contributed by atoms with Crippen molar-refractivity contribution < 1.29 is 9.53 Å². The maximum atomic E-state index is 10.9. The van der Waals surface area contributed by atoms with Crippen LogP contribution < -0.4 is 11.1 Å². The van der Waals surface area contributed by atoms with Gasteiger partial charge in [0.15, 0.2) is 0 Å². The summed E-state index contributed by atoms with van der Waals surface area (Å²) in [6.07, 6.45) is 5.05. The SMILES string of the molecule is COC1CCCC1Nc1ccc(C(N)=O)cn1. The lowest BCUT2D eigenvalue weighted by molar-refractivity contribution is 0.0998. The summed E-state index contributed by atoms with van der Waals surface area (Å²) in [6, 6.07) is 3.74. The highest BCUT2D eigenvalue weighted by molar-refractivity contribution is 5.92. The molecule has 92 valence electrons. The number of primary amides is 1. The van der Waals surface area contributed by atoms with Crippen LogP contribution in [0.4, 0.5) is 5.82 Å². The Morgan fingerprint density at radius 2 is 2.35 bits per heavy atom. The molecular weight excluding hydrogens is 218 g/mol. The predicted molar refractivity (Wildman–Crippen MR) is 64.8 cm³/mol. The molecule has 1 heterocycles. The highest BCUT2D eigenvalue weighted by atomic mass is 16.5. The van der Waals surface area contributed by atoms with E-state index >= 15 is 0 Å². The summed E-state index contributed by atoms with van der Waals surface area (Å²) in [7, 11) is 1.73. The molecule has 1 aromatic heterocycles. The van der Waals surface area contributed by atoms with E-state index in [1.807, 2.05) is 0 Å². The second kappa shape index (κ2) is 5.14. The third-order valence-corrected chi connectivity index (χ3v) is 3.14. The number of carbonyl (C=O) groups is 1. The zero-order valence-corrected chi connectivity index (χ0v) is 9.85. The lowest BCUT2D eigenvalue weighted by Crippen LogP contribution is -2.30. The first-order valence-corrected chi connectivity index (χ1v) is 5.76. The maximum Gasteiger partial charge on any atom is 0.250 e. The molecule has 0 radical (unpaired) electrons. The minimum Gasteiger partial charge on any atom is -0.379 e. The van der Waals surface area contributed by atoms with Crippen LogP contribution in [0.3, 0.4) is 0 Å². The van der Waals surface area contributed by atoms with Gasteiger partial charge >= 0.3 is 0 Å². The fourth-order valence-electron chi connectivity index (χ4n) is 2.19. The number of nitrogens with one attached hydrogen (secondary N) is 1. The third-order valence-electron chi connectivity index (χ3n) is 3.14. The first-order chi connectivity index (χ1) is 8.20. The Labute approximate surface area is 100 Å². The van der Waals surface area contributed by atoms with Crippen molar-refractivity contribution in [1.82, 2.24) is 4.98 Å². The molecular formula is C12H17N3O2. The number of pyridine rings is 1. The summed E-state index contributed by atoms with van der Waals surface area (Å²) < 4.78 is 5.39. The Balaban J connectivity index is 2.01. The Bertz CT molecular complexity index is 391. The van der Waals surface area contributed by atoms with Crippen LogP contribution in [0.1, 0.15) is 29.6 Å². The summed E-state index contributed by atoms with van der Waals surface area (Å²) >= 11 is 0. The Kier molecular flexibility index (Phi) is 3.58. The molecule has 5 nitrogen and oxygen atoms in total. The number of hydrogen-bond acceptors (Lipinski definition) is 4. The summed E-state index contributed by atoms with van der Waals surface area (Å²) in [4.78, 5) is 15.1. The van der Waals surface area contributed by atoms with Crippen LogP contribution >= 0.6 is 0 Å². The predicted octanol–water partition coefficient (Wildman–Crippen LogP) is 1.16. The summed E-state index contributed by atoms with van der Waals surface area (Å²) in [5, 5.41) is 3.32. The topological polar surface area (TPSA) is 77.2 Å². The standard InChI is InChI=1S/C12H17N3O2/c1-17-10-4-2-3-9(10)15-11-6-5-8(7-14-11)12(13)16/h5-7,9-10H,2-4H2,1H3,(H2,13,16)(H,14,15). The molecule has 2 atom stereocenters. The Hall–Kier alpha value is -1.62. The Morgan fingerprint density at radius 3 is 2.94 bits per heavy atom. The lowest BCUT2D eigenvalue weighted by Gasteiger charge is -2.20. The third kappa shape index (κ3) is 2.74. The highest BCUT2D eigenvalue weighted by Gasteiger charge is 2.27. The molecule has 0 aliphatic heterocycles. The number of aromatic nitrogens is 1. The van der Waals surface area contributed by atoms with Crippen LogP contribution in [0, 0.1) is 0 Å². The average molecular weight is 235 g/mol. The number of nitrogens with two attached hydrogens (primary N) is 1. The number of amides is 1. The van der Waals surface area contributed by atoms with E-state index in [1.165, 1.54) is 6.20 Å². The number of anilines is 1. The van der Waals surface area contributed by atoms with Crippen molar-refractivity contribution >= 4 is 11.7 Å². The van der Waals surface area contributed by atoms with Gasteiger partial charge in [0.25, 0.3) is 0 Å². The van der Waals surface area contributed by atoms with Gasteiger partial charge in [0.2, 0.25) is 5.91 Å². The lowest BCUT2D eigenvalue weighted by atomic mass is 10.2. The van der Waals surface area contributed by atoms with Gasteiger partial charge in [-0.1, -0.05) is 0 Å². The number of nitrogens with zero attached hydrogens (tertiary/aromatic N) is 1. The summed E-state index contributed by atoms with van der Waals surface area (Å²) in [5.41, 5.74) is 5.57. The molecule has 2 unspecified atom stereocenters. The van der Waals surface area contributed by atoms with Crippen molar-refractivity contribution in [3.05, 3.63) is 23.9 Å². The summed E-state index contributed by atoms with van der Waals surface area (Å²) in [5.74, 6) is 0.295. The smallest absolute Gasteiger partial charge is 0.250 e. The van der Waals surface area contributed by atoms with Crippen molar-refractivity contribution in [3.8, 4) is 0 Å².